The number of aliphatic hydroxyl groups excluding tert-OH is 3. The van der Waals surface area contributed by atoms with Crippen molar-refractivity contribution in [2.45, 2.75) is 37.6 Å². The molecular weight excluding hydrogens is 424 g/mol. The Kier molecular flexibility index (Phi) is 5.97. The molecule has 3 aromatic rings. The first-order chi connectivity index (χ1) is 15.3. The van der Waals surface area contributed by atoms with E-state index < -0.39 is 42.7 Å². The number of rotatable bonds is 5. The highest BCUT2D eigenvalue weighted by Gasteiger charge is 2.46. The van der Waals surface area contributed by atoms with Crippen LogP contribution in [-0.4, -0.2) is 72.0 Å². The van der Waals surface area contributed by atoms with Gasteiger partial charge in [-0.2, -0.15) is 0 Å². The summed E-state index contributed by atoms with van der Waals surface area (Å²) in [7, 11) is 2.76. The molecule has 0 saturated carbocycles. The molecule has 172 valence electrons. The molecular formula is C22H24O10. The van der Waals surface area contributed by atoms with Gasteiger partial charge in [0.25, 0.3) is 0 Å². The van der Waals surface area contributed by atoms with Crippen molar-refractivity contribution >= 4 is 21.7 Å². The van der Waals surface area contributed by atoms with Crippen LogP contribution in [0, 0.1) is 6.92 Å². The fourth-order valence-corrected chi connectivity index (χ4v) is 3.99. The summed E-state index contributed by atoms with van der Waals surface area (Å²) in [4.78, 5) is 12.5. The highest BCUT2D eigenvalue weighted by molar-refractivity contribution is 6.06. The van der Waals surface area contributed by atoms with Crippen molar-refractivity contribution in [3.8, 4) is 17.2 Å². The Morgan fingerprint density at radius 1 is 1.06 bits per heavy atom. The molecule has 32 heavy (non-hydrogen) atoms. The second-order valence-corrected chi connectivity index (χ2v) is 7.57. The zero-order valence-electron chi connectivity index (χ0n) is 17.6. The summed E-state index contributed by atoms with van der Waals surface area (Å²) in [5.41, 5.74) is -0.246. The lowest BCUT2D eigenvalue weighted by atomic mass is 9.99. The maximum absolute atomic E-state index is 12.5. The Hall–Kier alpha value is -2.89. The number of aromatic hydroxyl groups is 1. The van der Waals surface area contributed by atoms with Gasteiger partial charge in [0, 0.05) is 19.2 Å². The summed E-state index contributed by atoms with van der Waals surface area (Å²) < 4.78 is 27.5. The first-order valence-corrected chi connectivity index (χ1v) is 9.89. The number of ether oxygens (including phenoxy) is 4. The van der Waals surface area contributed by atoms with E-state index in [4.69, 9.17) is 23.4 Å². The van der Waals surface area contributed by atoms with Crippen molar-refractivity contribution in [1.29, 1.82) is 0 Å². The molecule has 1 aromatic heterocycles. The van der Waals surface area contributed by atoms with Gasteiger partial charge in [-0.15, -0.1) is 0 Å². The van der Waals surface area contributed by atoms with Crippen LogP contribution in [0.5, 0.6) is 17.2 Å². The summed E-state index contributed by atoms with van der Waals surface area (Å²) in [6.07, 6.45) is -6.28. The Morgan fingerprint density at radius 2 is 1.81 bits per heavy atom. The minimum absolute atomic E-state index is 0.0301. The van der Waals surface area contributed by atoms with Gasteiger partial charge in [-0.1, -0.05) is 0 Å². The Morgan fingerprint density at radius 3 is 2.47 bits per heavy atom. The maximum atomic E-state index is 12.5. The van der Waals surface area contributed by atoms with Gasteiger partial charge in [-0.05, 0) is 24.4 Å². The molecule has 1 fully saturated rings. The molecule has 10 nitrogen and oxygen atoms in total. The zero-order valence-corrected chi connectivity index (χ0v) is 17.6. The third-order valence-corrected chi connectivity index (χ3v) is 5.54. The number of hydrogen-bond acceptors (Lipinski definition) is 10. The molecule has 1 aliphatic heterocycles. The Balaban J connectivity index is 1.86. The topological polar surface area (TPSA) is 148 Å². The van der Waals surface area contributed by atoms with Crippen molar-refractivity contribution in [3.63, 3.8) is 0 Å². The van der Waals surface area contributed by atoms with Crippen LogP contribution < -0.4 is 14.9 Å². The molecule has 1 aliphatic rings. The average molecular weight is 448 g/mol. The van der Waals surface area contributed by atoms with Gasteiger partial charge in [0.1, 0.15) is 58.4 Å². The van der Waals surface area contributed by atoms with Crippen molar-refractivity contribution in [2.75, 3.05) is 20.8 Å². The van der Waals surface area contributed by atoms with Crippen LogP contribution >= 0.6 is 0 Å². The van der Waals surface area contributed by atoms with Crippen LogP contribution in [-0.2, 0) is 9.47 Å². The van der Waals surface area contributed by atoms with Gasteiger partial charge in [0.15, 0.2) is 5.43 Å². The molecule has 1 saturated heterocycles. The molecule has 0 bridgehead atoms. The van der Waals surface area contributed by atoms with Crippen molar-refractivity contribution in [1.82, 2.24) is 0 Å². The number of fused-ring (bicyclic) bond motifs is 2. The first kappa shape index (κ1) is 22.3. The average Bonchev–Trinajstić information content (AvgIpc) is 2.75. The van der Waals surface area contributed by atoms with E-state index in [0.717, 1.165) is 0 Å². The van der Waals surface area contributed by atoms with Crippen molar-refractivity contribution in [2.24, 2.45) is 0 Å². The zero-order chi connectivity index (χ0) is 23.2. The van der Waals surface area contributed by atoms with E-state index in [-0.39, 0.29) is 27.9 Å². The molecule has 4 rings (SSSR count). The lowest BCUT2D eigenvalue weighted by Crippen LogP contribution is -2.60. The Labute approximate surface area is 182 Å². The second kappa shape index (κ2) is 8.57. The van der Waals surface area contributed by atoms with E-state index in [0.29, 0.717) is 16.9 Å². The lowest BCUT2D eigenvalue weighted by Gasteiger charge is -2.41. The monoisotopic (exact) mass is 448 g/mol. The van der Waals surface area contributed by atoms with Gasteiger partial charge in [0.2, 0.25) is 6.29 Å². The molecule has 5 unspecified atom stereocenters. The quantitative estimate of drug-likeness (QED) is 0.413. The summed E-state index contributed by atoms with van der Waals surface area (Å²) in [6.45, 7) is 1.14. The summed E-state index contributed by atoms with van der Waals surface area (Å²) in [5.74, 6) is 0.405. The van der Waals surface area contributed by atoms with Crippen LogP contribution in [0.25, 0.3) is 21.7 Å². The second-order valence-electron chi connectivity index (χ2n) is 7.57. The maximum Gasteiger partial charge on any atom is 0.229 e. The van der Waals surface area contributed by atoms with Gasteiger partial charge >= 0.3 is 0 Å². The minimum atomic E-state index is -1.53. The van der Waals surface area contributed by atoms with Crippen LogP contribution in [0.4, 0.5) is 0 Å². The van der Waals surface area contributed by atoms with E-state index >= 15 is 0 Å². The van der Waals surface area contributed by atoms with Gasteiger partial charge in [-0.3, -0.25) is 4.79 Å². The molecule has 2 heterocycles. The van der Waals surface area contributed by atoms with E-state index in [1.54, 1.807) is 19.1 Å². The predicted molar refractivity (Wildman–Crippen MR) is 112 cm³/mol. The molecule has 0 amide bonds. The fourth-order valence-electron chi connectivity index (χ4n) is 3.99. The van der Waals surface area contributed by atoms with E-state index in [9.17, 15) is 25.2 Å². The predicted octanol–water partition coefficient (Wildman–Crippen LogP) is 0.802. The van der Waals surface area contributed by atoms with Crippen molar-refractivity contribution in [3.05, 3.63) is 40.2 Å². The molecule has 2 aromatic carbocycles. The normalized spacial score (nSPS) is 25.9. The van der Waals surface area contributed by atoms with Gasteiger partial charge in [-0.25, -0.2) is 0 Å². The third kappa shape index (κ3) is 3.65. The molecule has 0 radical (unpaired) electrons. The standard InChI is InChI=1S/C22H24O10/c1-9-4-12(24)17-13(30-9)6-10-5-11(28-2)7-14(16(10)18(17)25)31-22-20(27)19(26)21(29-3)15(8-23)32-22/h4-7,15,19-23,25-27H,8H2,1-3H3. The SMILES string of the molecule is COc1cc(OC2OC(CO)C(OC)C(O)C2O)c2c(O)c3c(=O)cc(C)oc3cc2c1. The van der Waals surface area contributed by atoms with Gasteiger partial charge < -0.3 is 43.8 Å². The summed E-state index contributed by atoms with van der Waals surface area (Å²) >= 11 is 0. The number of benzene rings is 2. The molecule has 0 aliphatic carbocycles. The van der Waals surface area contributed by atoms with Gasteiger partial charge in [0.05, 0.1) is 19.1 Å². The van der Waals surface area contributed by atoms with Crippen LogP contribution in [0.3, 0.4) is 0 Å². The van der Waals surface area contributed by atoms with E-state index in [1.165, 1.54) is 26.4 Å². The minimum Gasteiger partial charge on any atom is -0.506 e. The first-order valence-electron chi connectivity index (χ1n) is 9.89. The summed E-state index contributed by atoms with van der Waals surface area (Å²) in [6, 6.07) is 5.90. The van der Waals surface area contributed by atoms with Crippen molar-refractivity contribution < 1.29 is 43.8 Å². The van der Waals surface area contributed by atoms with E-state index in [2.05, 4.69) is 0 Å². The largest absolute Gasteiger partial charge is 0.506 e. The smallest absolute Gasteiger partial charge is 0.229 e. The molecule has 4 N–H and O–H groups in total. The highest BCUT2D eigenvalue weighted by Crippen LogP contribution is 2.42. The number of phenols is 1. The highest BCUT2D eigenvalue weighted by atomic mass is 16.7. The number of phenolic OH excluding ortho intramolecular Hbond substituents is 1. The van der Waals surface area contributed by atoms with Crippen LogP contribution in [0.2, 0.25) is 0 Å². The number of aliphatic hydroxyl groups is 3. The van der Waals surface area contributed by atoms with Crippen LogP contribution in [0.15, 0.2) is 33.5 Å². The molecule has 5 atom stereocenters. The van der Waals surface area contributed by atoms with E-state index in [1.807, 2.05) is 0 Å². The number of methoxy groups -OCH3 is 2. The summed E-state index contributed by atoms with van der Waals surface area (Å²) in [5, 5.41) is 42.0. The fraction of sp³-hybridized carbons (Fsp3) is 0.409. The molecule has 10 heteroatoms. The van der Waals surface area contributed by atoms with Crippen LogP contribution in [0.1, 0.15) is 5.76 Å². The third-order valence-electron chi connectivity index (χ3n) is 5.54. The number of hydrogen-bond donors (Lipinski definition) is 4. The molecule has 0 spiro atoms. The lowest BCUT2D eigenvalue weighted by molar-refractivity contribution is -0.281. The number of aryl methyl sites for hydroxylation is 1. The Bertz CT molecular complexity index is 1200.